The summed E-state index contributed by atoms with van der Waals surface area (Å²) in [5.74, 6) is 0.417. The molecule has 0 saturated heterocycles. The van der Waals surface area contributed by atoms with Gasteiger partial charge in [0.05, 0.1) is 12.4 Å². The molecule has 1 amide bonds. The van der Waals surface area contributed by atoms with E-state index in [4.69, 9.17) is 4.74 Å². The van der Waals surface area contributed by atoms with Crippen molar-refractivity contribution >= 4 is 11.7 Å². The van der Waals surface area contributed by atoms with E-state index in [0.717, 1.165) is 19.4 Å². The normalized spacial score (nSPS) is 10.1. The van der Waals surface area contributed by atoms with E-state index in [1.54, 1.807) is 13.3 Å². The summed E-state index contributed by atoms with van der Waals surface area (Å²) in [5, 5.41) is 5.86. The van der Waals surface area contributed by atoms with E-state index >= 15 is 0 Å². The molecule has 100 valence electrons. The molecule has 1 rings (SSSR count). The monoisotopic (exact) mass is 252 g/mol. The van der Waals surface area contributed by atoms with Crippen LogP contribution in [0, 0.1) is 0 Å². The minimum Gasteiger partial charge on any atom is -0.385 e. The van der Waals surface area contributed by atoms with Gasteiger partial charge in [0.15, 0.2) is 0 Å². The molecule has 0 fully saturated rings. The molecule has 18 heavy (non-hydrogen) atoms. The molecule has 0 radical (unpaired) electrons. The topological polar surface area (TPSA) is 76.1 Å². The van der Waals surface area contributed by atoms with Gasteiger partial charge < -0.3 is 15.4 Å². The standard InChI is InChI=1S/C12H20N4O2/c1-3-5-14-11-9-13-8-10(16-11)12(17)15-6-4-7-18-2/h8-9H,3-7H2,1-2H3,(H,14,16)(H,15,17). The molecule has 0 aromatic carbocycles. The molecule has 0 bridgehead atoms. The lowest BCUT2D eigenvalue weighted by Crippen LogP contribution is -2.26. The van der Waals surface area contributed by atoms with Crippen molar-refractivity contribution in [2.75, 3.05) is 32.1 Å². The summed E-state index contributed by atoms with van der Waals surface area (Å²) >= 11 is 0. The van der Waals surface area contributed by atoms with Gasteiger partial charge in [-0.25, -0.2) is 4.98 Å². The summed E-state index contributed by atoms with van der Waals surface area (Å²) in [6.07, 6.45) is 4.85. The Morgan fingerprint density at radius 3 is 2.94 bits per heavy atom. The SMILES string of the molecule is CCCNc1cncc(C(=O)NCCCOC)n1. The third-order valence-corrected chi connectivity index (χ3v) is 2.23. The molecule has 1 aromatic heterocycles. The summed E-state index contributed by atoms with van der Waals surface area (Å²) in [5.41, 5.74) is 0.327. The maximum atomic E-state index is 11.8. The van der Waals surface area contributed by atoms with Crippen LogP contribution >= 0.6 is 0 Å². The summed E-state index contributed by atoms with van der Waals surface area (Å²) in [4.78, 5) is 19.9. The van der Waals surface area contributed by atoms with Crippen molar-refractivity contribution in [3.63, 3.8) is 0 Å². The Kier molecular flexibility index (Phi) is 6.71. The average molecular weight is 252 g/mol. The molecule has 0 spiro atoms. The highest BCUT2D eigenvalue weighted by atomic mass is 16.5. The predicted octanol–water partition coefficient (Wildman–Crippen LogP) is 1.06. The van der Waals surface area contributed by atoms with Gasteiger partial charge in [-0.1, -0.05) is 6.92 Å². The Bertz CT molecular complexity index is 371. The number of nitrogens with one attached hydrogen (secondary N) is 2. The zero-order valence-electron chi connectivity index (χ0n) is 10.9. The number of ether oxygens (including phenoxy) is 1. The molecule has 0 unspecified atom stereocenters. The third-order valence-electron chi connectivity index (χ3n) is 2.23. The molecule has 1 heterocycles. The van der Waals surface area contributed by atoms with Gasteiger partial charge in [0.1, 0.15) is 11.5 Å². The second-order valence-electron chi connectivity index (χ2n) is 3.82. The van der Waals surface area contributed by atoms with Gasteiger partial charge in [-0.15, -0.1) is 0 Å². The smallest absolute Gasteiger partial charge is 0.271 e. The van der Waals surface area contributed by atoms with Gasteiger partial charge in [-0.3, -0.25) is 9.78 Å². The quantitative estimate of drug-likeness (QED) is 0.677. The molecule has 6 nitrogen and oxygen atoms in total. The van der Waals surface area contributed by atoms with E-state index in [0.29, 0.717) is 24.7 Å². The fourth-order valence-electron chi connectivity index (χ4n) is 1.32. The Balaban J connectivity index is 2.46. The van der Waals surface area contributed by atoms with E-state index in [-0.39, 0.29) is 5.91 Å². The van der Waals surface area contributed by atoms with Gasteiger partial charge in [0.2, 0.25) is 0 Å². The molecular formula is C12H20N4O2. The van der Waals surface area contributed by atoms with Crippen molar-refractivity contribution in [1.82, 2.24) is 15.3 Å². The van der Waals surface area contributed by atoms with Gasteiger partial charge >= 0.3 is 0 Å². The summed E-state index contributed by atoms with van der Waals surface area (Å²) < 4.78 is 4.90. The lowest BCUT2D eigenvalue weighted by molar-refractivity contribution is 0.0943. The Morgan fingerprint density at radius 2 is 2.22 bits per heavy atom. The van der Waals surface area contributed by atoms with E-state index in [1.165, 1.54) is 6.20 Å². The maximum Gasteiger partial charge on any atom is 0.271 e. The molecule has 0 saturated carbocycles. The molecule has 1 aromatic rings. The third kappa shape index (κ3) is 5.09. The van der Waals surface area contributed by atoms with Crippen molar-refractivity contribution in [1.29, 1.82) is 0 Å². The van der Waals surface area contributed by atoms with E-state index in [1.807, 2.05) is 0 Å². The van der Waals surface area contributed by atoms with Crippen LogP contribution < -0.4 is 10.6 Å². The van der Waals surface area contributed by atoms with E-state index in [9.17, 15) is 4.79 Å². The minimum atomic E-state index is -0.209. The fourth-order valence-corrected chi connectivity index (χ4v) is 1.32. The number of anilines is 1. The minimum absolute atomic E-state index is 0.209. The molecule has 0 aliphatic carbocycles. The molecule has 0 aliphatic heterocycles. The number of carbonyl (C=O) groups excluding carboxylic acids is 1. The molecule has 6 heteroatoms. The first kappa shape index (κ1) is 14.4. The van der Waals surface area contributed by atoms with Crippen molar-refractivity contribution < 1.29 is 9.53 Å². The number of carbonyl (C=O) groups is 1. The van der Waals surface area contributed by atoms with Gasteiger partial charge in [0, 0.05) is 26.8 Å². The van der Waals surface area contributed by atoms with Crippen molar-refractivity contribution in [2.24, 2.45) is 0 Å². The second kappa shape index (κ2) is 8.41. The lowest BCUT2D eigenvalue weighted by Gasteiger charge is -2.06. The predicted molar refractivity (Wildman–Crippen MR) is 69.6 cm³/mol. The van der Waals surface area contributed by atoms with Gasteiger partial charge in [-0.05, 0) is 12.8 Å². The van der Waals surface area contributed by atoms with Gasteiger partial charge in [-0.2, -0.15) is 0 Å². The Hall–Kier alpha value is -1.69. The van der Waals surface area contributed by atoms with Crippen LogP contribution in [0.2, 0.25) is 0 Å². The highest BCUT2D eigenvalue weighted by molar-refractivity contribution is 5.92. The van der Waals surface area contributed by atoms with Crippen LogP contribution in [0.1, 0.15) is 30.3 Å². The Morgan fingerprint density at radius 1 is 1.39 bits per heavy atom. The van der Waals surface area contributed by atoms with Crippen LogP contribution in [0.3, 0.4) is 0 Å². The zero-order valence-corrected chi connectivity index (χ0v) is 10.9. The number of aromatic nitrogens is 2. The van der Waals surface area contributed by atoms with Crippen LogP contribution in [0.15, 0.2) is 12.4 Å². The molecule has 2 N–H and O–H groups in total. The first-order chi connectivity index (χ1) is 8.77. The van der Waals surface area contributed by atoms with Crippen molar-refractivity contribution in [3.8, 4) is 0 Å². The van der Waals surface area contributed by atoms with E-state index in [2.05, 4.69) is 27.5 Å². The van der Waals surface area contributed by atoms with Gasteiger partial charge in [0.25, 0.3) is 5.91 Å². The average Bonchev–Trinajstić information content (AvgIpc) is 2.41. The number of methoxy groups -OCH3 is 1. The first-order valence-electron chi connectivity index (χ1n) is 6.11. The number of hydrogen-bond donors (Lipinski definition) is 2. The van der Waals surface area contributed by atoms with E-state index < -0.39 is 0 Å². The fraction of sp³-hybridized carbons (Fsp3) is 0.583. The summed E-state index contributed by atoms with van der Waals surface area (Å²) in [6.45, 7) is 4.07. The van der Waals surface area contributed by atoms with Crippen LogP contribution in [0.25, 0.3) is 0 Å². The number of rotatable bonds is 8. The maximum absolute atomic E-state index is 11.8. The van der Waals surface area contributed by atoms with Crippen molar-refractivity contribution in [2.45, 2.75) is 19.8 Å². The number of hydrogen-bond acceptors (Lipinski definition) is 5. The number of nitrogens with zero attached hydrogens (tertiary/aromatic N) is 2. The summed E-state index contributed by atoms with van der Waals surface area (Å²) in [7, 11) is 1.64. The van der Waals surface area contributed by atoms with Crippen LogP contribution in [-0.4, -0.2) is 42.7 Å². The lowest BCUT2D eigenvalue weighted by atomic mass is 10.4. The first-order valence-corrected chi connectivity index (χ1v) is 6.11. The van der Waals surface area contributed by atoms with Crippen LogP contribution in [-0.2, 0) is 4.74 Å². The Labute approximate surface area is 107 Å². The van der Waals surface area contributed by atoms with Crippen LogP contribution in [0.4, 0.5) is 5.82 Å². The number of amides is 1. The summed E-state index contributed by atoms with van der Waals surface area (Å²) in [6, 6.07) is 0. The highest BCUT2D eigenvalue weighted by Crippen LogP contribution is 2.02. The second-order valence-corrected chi connectivity index (χ2v) is 3.82. The van der Waals surface area contributed by atoms with Crippen LogP contribution in [0.5, 0.6) is 0 Å². The zero-order chi connectivity index (χ0) is 13.2. The van der Waals surface area contributed by atoms with Crippen molar-refractivity contribution in [3.05, 3.63) is 18.1 Å². The largest absolute Gasteiger partial charge is 0.385 e. The highest BCUT2D eigenvalue weighted by Gasteiger charge is 2.07. The molecule has 0 atom stereocenters. The molecule has 0 aliphatic rings. The molecular weight excluding hydrogens is 232 g/mol.